The van der Waals surface area contributed by atoms with E-state index in [2.05, 4.69) is 31.3 Å². The quantitative estimate of drug-likeness (QED) is 0.681. The zero-order chi connectivity index (χ0) is 17.4. The van der Waals surface area contributed by atoms with Crippen molar-refractivity contribution in [2.24, 2.45) is 0 Å². The number of halogens is 1. The number of hydrogen-bond acceptors (Lipinski definition) is 5. The van der Waals surface area contributed by atoms with Crippen LogP contribution in [0.1, 0.15) is 5.56 Å². The highest BCUT2D eigenvalue weighted by Gasteiger charge is 2.12. The largest absolute Gasteiger partial charge is 0.468 e. The summed E-state index contributed by atoms with van der Waals surface area (Å²) < 4.78 is 5.36. The number of methoxy groups -OCH3 is 1. The van der Waals surface area contributed by atoms with Gasteiger partial charge in [-0.15, -0.1) is 0 Å². The van der Waals surface area contributed by atoms with Crippen LogP contribution in [-0.4, -0.2) is 56.5 Å². The van der Waals surface area contributed by atoms with Crippen LogP contribution < -0.4 is 10.6 Å². The van der Waals surface area contributed by atoms with Gasteiger partial charge < -0.3 is 15.4 Å². The van der Waals surface area contributed by atoms with Gasteiger partial charge in [-0.1, -0.05) is 15.9 Å². The van der Waals surface area contributed by atoms with Crippen LogP contribution in [0.3, 0.4) is 0 Å². The van der Waals surface area contributed by atoms with Gasteiger partial charge in [0.05, 0.1) is 20.2 Å². The first-order chi connectivity index (χ1) is 10.8. The van der Waals surface area contributed by atoms with Gasteiger partial charge in [0.2, 0.25) is 11.8 Å². The van der Waals surface area contributed by atoms with Gasteiger partial charge in [-0.05, 0) is 37.7 Å². The van der Waals surface area contributed by atoms with Gasteiger partial charge >= 0.3 is 5.97 Å². The fraction of sp³-hybridized carbons (Fsp3) is 0.400. The van der Waals surface area contributed by atoms with Gasteiger partial charge in [0, 0.05) is 10.2 Å². The van der Waals surface area contributed by atoms with Crippen molar-refractivity contribution in [2.45, 2.75) is 6.92 Å². The molecule has 0 saturated carbocycles. The summed E-state index contributed by atoms with van der Waals surface area (Å²) in [6.07, 6.45) is 0. The summed E-state index contributed by atoms with van der Waals surface area (Å²) in [5, 5.41) is 5.20. The normalized spacial score (nSPS) is 10.3. The molecule has 0 atom stereocenters. The first kappa shape index (κ1) is 19.1. The number of aryl methyl sites for hydroxylation is 1. The Hall–Kier alpha value is -1.93. The molecule has 7 nitrogen and oxygen atoms in total. The van der Waals surface area contributed by atoms with E-state index in [0.29, 0.717) is 0 Å². The molecule has 0 aromatic heterocycles. The number of rotatable bonds is 7. The second-order valence-electron chi connectivity index (χ2n) is 5.03. The average Bonchev–Trinajstić information content (AvgIpc) is 2.47. The summed E-state index contributed by atoms with van der Waals surface area (Å²) in [7, 11) is 2.89. The summed E-state index contributed by atoms with van der Waals surface area (Å²) >= 11 is 3.36. The van der Waals surface area contributed by atoms with Crippen LogP contribution in [0.5, 0.6) is 0 Å². The molecule has 1 aromatic carbocycles. The number of esters is 1. The lowest BCUT2D eigenvalue weighted by Crippen LogP contribution is -2.40. The topological polar surface area (TPSA) is 87.7 Å². The number of likely N-dealkylation sites (N-methyl/N-ethyl adjacent to an activating group) is 1. The summed E-state index contributed by atoms with van der Waals surface area (Å²) in [6.45, 7) is 1.77. The molecule has 0 aliphatic carbocycles. The highest BCUT2D eigenvalue weighted by atomic mass is 79.9. The van der Waals surface area contributed by atoms with Crippen molar-refractivity contribution >= 4 is 39.4 Å². The molecule has 0 bridgehead atoms. The minimum Gasteiger partial charge on any atom is -0.468 e. The monoisotopic (exact) mass is 385 g/mol. The van der Waals surface area contributed by atoms with E-state index in [-0.39, 0.29) is 31.4 Å². The summed E-state index contributed by atoms with van der Waals surface area (Å²) in [5.74, 6) is -1.10. The third-order valence-corrected chi connectivity index (χ3v) is 3.44. The van der Waals surface area contributed by atoms with Crippen LogP contribution in [-0.2, 0) is 19.1 Å². The Labute approximate surface area is 143 Å². The molecule has 0 aliphatic rings. The molecule has 23 heavy (non-hydrogen) atoms. The first-order valence-corrected chi connectivity index (χ1v) is 7.69. The van der Waals surface area contributed by atoms with E-state index in [1.807, 2.05) is 19.1 Å². The highest BCUT2D eigenvalue weighted by Crippen LogP contribution is 2.19. The Morgan fingerprint density at radius 1 is 1.22 bits per heavy atom. The maximum Gasteiger partial charge on any atom is 0.325 e. The minimum atomic E-state index is -0.524. The highest BCUT2D eigenvalue weighted by molar-refractivity contribution is 9.10. The summed E-state index contributed by atoms with van der Waals surface area (Å²) in [6, 6.07) is 5.55. The van der Waals surface area contributed by atoms with Crippen molar-refractivity contribution < 1.29 is 19.1 Å². The number of nitrogens with one attached hydrogen (secondary N) is 2. The van der Waals surface area contributed by atoms with Crippen LogP contribution in [0.4, 0.5) is 5.69 Å². The van der Waals surface area contributed by atoms with Gasteiger partial charge in [-0.2, -0.15) is 0 Å². The predicted octanol–water partition coefficient (Wildman–Crippen LogP) is 0.917. The molecule has 1 aromatic rings. The van der Waals surface area contributed by atoms with Crippen LogP contribution >= 0.6 is 15.9 Å². The Morgan fingerprint density at radius 2 is 1.87 bits per heavy atom. The Morgan fingerprint density at radius 3 is 2.48 bits per heavy atom. The van der Waals surface area contributed by atoms with Crippen LogP contribution in [0.15, 0.2) is 22.7 Å². The third kappa shape index (κ3) is 7.25. The lowest BCUT2D eigenvalue weighted by atomic mass is 10.2. The molecule has 0 saturated heterocycles. The zero-order valence-corrected chi connectivity index (χ0v) is 14.9. The molecular weight excluding hydrogens is 366 g/mol. The van der Waals surface area contributed by atoms with Crippen molar-refractivity contribution in [3.63, 3.8) is 0 Å². The predicted molar refractivity (Wildman–Crippen MR) is 90.0 cm³/mol. The lowest BCUT2D eigenvalue weighted by Gasteiger charge is -2.16. The zero-order valence-electron chi connectivity index (χ0n) is 13.3. The second-order valence-corrected chi connectivity index (χ2v) is 5.95. The Balaban J connectivity index is 2.41. The maximum atomic E-state index is 12.0. The summed E-state index contributed by atoms with van der Waals surface area (Å²) in [4.78, 5) is 36.1. The molecule has 0 aliphatic heterocycles. The van der Waals surface area contributed by atoms with Gasteiger partial charge in [0.15, 0.2) is 0 Å². The van der Waals surface area contributed by atoms with Crippen molar-refractivity contribution in [3.05, 3.63) is 28.2 Å². The van der Waals surface area contributed by atoms with Crippen molar-refractivity contribution in [1.29, 1.82) is 0 Å². The van der Waals surface area contributed by atoms with E-state index >= 15 is 0 Å². The van der Waals surface area contributed by atoms with E-state index < -0.39 is 5.97 Å². The number of benzene rings is 1. The lowest BCUT2D eigenvalue weighted by molar-refractivity contribution is -0.141. The molecule has 0 fully saturated rings. The van der Waals surface area contributed by atoms with Crippen molar-refractivity contribution in [3.8, 4) is 0 Å². The van der Waals surface area contributed by atoms with Crippen LogP contribution in [0, 0.1) is 6.92 Å². The maximum absolute atomic E-state index is 12.0. The number of hydrogen-bond donors (Lipinski definition) is 2. The van der Waals surface area contributed by atoms with E-state index in [9.17, 15) is 14.4 Å². The number of amides is 2. The standard InChI is InChI=1S/C15H20BrN3O4/c1-10-6-11(16)4-5-12(10)18-14(21)9-19(2)8-13(20)17-7-15(22)23-3/h4-6H,7-9H2,1-3H3,(H,17,20)(H,18,21). The molecule has 126 valence electrons. The SMILES string of the molecule is COC(=O)CNC(=O)CN(C)CC(=O)Nc1ccc(Br)cc1C. The molecule has 2 amide bonds. The van der Waals surface area contributed by atoms with E-state index in [0.717, 1.165) is 15.7 Å². The van der Waals surface area contributed by atoms with Gasteiger partial charge in [-0.3, -0.25) is 19.3 Å². The summed E-state index contributed by atoms with van der Waals surface area (Å²) in [5.41, 5.74) is 1.66. The molecule has 2 N–H and O–H groups in total. The van der Waals surface area contributed by atoms with E-state index in [1.54, 1.807) is 18.0 Å². The number of carbonyl (C=O) groups is 3. The molecule has 0 spiro atoms. The molecule has 1 rings (SSSR count). The fourth-order valence-corrected chi connectivity index (χ4v) is 2.28. The molecule has 0 unspecified atom stereocenters. The minimum absolute atomic E-state index is 0.00370. The number of carbonyl (C=O) groups excluding carboxylic acids is 3. The Bertz CT molecular complexity index is 592. The van der Waals surface area contributed by atoms with Crippen molar-refractivity contribution in [2.75, 3.05) is 39.1 Å². The van der Waals surface area contributed by atoms with E-state index in [4.69, 9.17) is 0 Å². The smallest absolute Gasteiger partial charge is 0.325 e. The van der Waals surface area contributed by atoms with Crippen molar-refractivity contribution in [1.82, 2.24) is 10.2 Å². The fourth-order valence-electron chi connectivity index (χ4n) is 1.80. The number of nitrogens with zero attached hydrogens (tertiary/aromatic N) is 1. The number of ether oxygens (including phenoxy) is 1. The molecule has 0 heterocycles. The third-order valence-electron chi connectivity index (χ3n) is 2.95. The van der Waals surface area contributed by atoms with E-state index in [1.165, 1.54) is 7.11 Å². The van der Waals surface area contributed by atoms with Crippen LogP contribution in [0.2, 0.25) is 0 Å². The Kier molecular flexibility index (Phi) is 7.70. The average molecular weight is 386 g/mol. The van der Waals surface area contributed by atoms with Crippen LogP contribution in [0.25, 0.3) is 0 Å². The molecular formula is C15H20BrN3O4. The first-order valence-electron chi connectivity index (χ1n) is 6.90. The molecule has 0 radical (unpaired) electrons. The van der Waals surface area contributed by atoms with Gasteiger partial charge in [-0.25, -0.2) is 0 Å². The number of anilines is 1. The van der Waals surface area contributed by atoms with Gasteiger partial charge in [0.1, 0.15) is 6.54 Å². The second kappa shape index (κ2) is 9.26. The molecule has 8 heteroatoms. The van der Waals surface area contributed by atoms with Gasteiger partial charge in [0.25, 0.3) is 0 Å².